The SMILES string of the molecule is COC(CNC(=O)c1cc(S(=O)(=O)O)cc(-n2nc3ccccc3n2)c1O)OC. The molecule has 0 saturated carbocycles. The summed E-state index contributed by atoms with van der Waals surface area (Å²) in [6, 6.07) is 8.62. The fourth-order valence-electron chi connectivity index (χ4n) is 2.57. The Morgan fingerprint density at radius 2 is 1.76 bits per heavy atom. The second-order valence-corrected chi connectivity index (χ2v) is 7.32. The molecular formula is C17H18N4O7S. The van der Waals surface area contributed by atoms with Crippen LogP contribution in [0.5, 0.6) is 5.75 Å². The van der Waals surface area contributed by atoms with E-state index in [1.165, 1.54) is 14.2 Å². The van der Waals surface area contributed by atoms with E-state index in [-0.39, 0.29) is 12.2 Å². The molecule has 0 atom stereocenters. The molecule has 1 heterocycles. The Kier molecular flexibility index (Phi) is 5.79. The van der Waals surface area contributed by atoms with E-state index in [2.05, 4.69) is 15.5 Å². The van der Waals surface area contributed by atoms with Gasteiger partial charge in [0.05, 0.1) is 17.0 Å². The zero-order chi connectivity index (χ0) is 21.2. The average molecular weight is 422 g/mol. The maximum absolute atomic E-state index is 12.5. The number of amides is 1. The molecule has 3 aromatic rings. The van der Waals surface area contributed by atoms with E-state index in [0.29, 0.717) is 11.0 Å². The minimum absolute atomic E-state index is 0.0688. The van der Waals surface area contributed by atoms with Crippen molar-refractivity contribution < 1.29 is 32.3 Å². The largest absolute Gasteiger partial charge is 0.505 e. The van der Waals surface area contributed by atoms with E-state index in [4.69, 9.17) is 9.47 Å². The van der Waals surface area contributed by atoms with Crippen LogP contribution in [-0.2, 0) is 19.6 Å². The monoisotopic (exact) mass is 422 g/mol. The van der Waals surface area contributed by atoms with E-state index >= 15 is 0 Å². The van der Waals surface area contributed by atoms with Gasteiger partial charge in [0.25, 0.3) is 16.0 Å². The molecular weight excluding hydrogens is 404 g/mol. The minimum atomic E-state index is -4.69. The van der Waals surface area contributed by atoms with Crippen molar-refractivity contribution in [2.24, 2.45) is 0 Å². The Bertz CT molecular complexity index is 1120. The molecule has 1 amide bonds. The molecule has 0 aliphatic rings. The molecule has 3 rings (SSSR count). The number of hydrogen-bond donors (Lipinski definition) is 3. The number of aromatic nitrogens is 3. The maximum Gasteiger partial charge on any atom is 0.294 e. The molecule has 0 radical (unpaired) electrons. The lowest BCUT2D eigenvalue weighted by atomic mass is 10.1. The molecule has 29 heavy (non-hydrogen) atoms. The lowest BCUT2D eigenvalue weighted by molar-refractivity contribution is -0.0974. The molecule has 11 nitrogen and oxygen atoms in total. The van der Waals surface area contributed by atoms with Gasteiger partial charge in [-0.2, -0.15) is 8.42 Å². The van der Waals surface area contributed by atoms with Gasteiger partial charge in [-0.3, -0.25) is 9.35 Å². The summed E-state index contributed by atoms with van der Waals surface area (Å²) in [7, 11) is -1.93. The number of fused-ring (bicyclic) bond motifs is 1. The fraction of sp³-hybridized carbons (Fsp3) is 0.235. The molecule has 2 aromatic carbocycles. The van der Waals surface area contributed by atoms with Crippen LogP contribution in [0.15, 0.2) is 41.3 Å². The summed E-state index contributed by atoms with van der Waals surface area (Å²) in [4.78, 5) is 12.9. The van der Waals surface area contributed by atoms with Gasteiger partial charge >= 0.3 is 0 Å². The fourth-order valence-corrected chi connectivity index (χ4v) is 3.10. The van der Waals surface area contributed by atoms with Crippen molar-refractivity contribution in [3.05, 3.63) is 42.0 Å². The van der Waals surface area contributed by atoms with Crippen LogP contribution in [0, 0.1) is 0 Å². The Morgan fingerprint density at radius 3 is 2.28 bits per heavy atom. The van der Waals surface area contributed by atoms with Crippen LogP contribution in [0.2, 0.25) is 0 Å². The first-order chi connectivity index (χ1) is 13.7. The third-order valence-electron chi connectivity index (χ3n) is 4.06. The number of methoxy groups -OCH3 is 2. The predicted octanol–water partition coefficient (Wildman–Crippen LogP) is 0.721. The molecule has 3 N–H and O–H groups in total. The highest BCUT2D eigenvalue weighted by molar-refractivity contribution is 7.85. The van der Waals surface area contributed by atoms with Gasteiger partial charge in [0.1, 0.15) is 16.7 Å². The number of phenols is 1. The third-order valence-corrected chi connectivity index (χ3v) is 4.89. The number of carbonyl (C=O) groups is 1. The summed E-state index contributed by atoms with van der Waals surface area (Å²) in [5.74, 6) is -1.38. The van der Waals surface area contributed by atoms with Crippen LogP contribution in [0.25, 0.3) is 16.7 Å². The zero-order valence-electron chi connectivity index (χ0n) is 15.4. The van der Waals surface area contributed by atoms with E-state index in [0.717, 1.165) is 16.9 Å². The van der Waals surface area contributed by atoms with Crippen molar-refractivity contribution in [3.8, 4) is 11.4 Å². The predicted molar refractivity (Wildman–Crippen MR) is 100 cm³/mol. The molecule has 0 saturated heterocycles. The number of hydrogen-bond acceptors (Lipinski definition) is 8. The summed E-state index contributed by atoms with van der Waals surface area (Å²) in [5, 5.41) is 21.4. The Labute approximate surface area is 165 Å². The van der Waals surface area contributed by atoms with Crippen LogP contribution < -0.4 is 5.32 Å². The Hall–Kier alpha value is -3.06. The summed E-state index contributed by atoms with van der Waals surface area (Å²) in [5.41, 5.74) is 0.371. The molecule has 154 valence electrons. The topological polar surface area (TPSA) is 153 Å². The van der Waals surface area contributed by atoms with E-state index in [1.54, 1.807) is 24.3 Å². The van der Waals surface area contributed by atoms with Crippen LogP contribution in [0.4, 0.5) is 0 Å². The van der Waals surface area contributed by atoms with Crippen LogP contribution >= 0.6 is 0 Å². The van der Waals surface area contributed by atoms with Gasteiger partial charge in [0, 0.05) is 14.2 Å². The highest BCUT2D eigenvalue weighted by Gasteiger charge is 2.24. The molecule has 0 bridgehead atoms. The lowest BCUT2D eigenvalue weighted by Gasteiger charge is -2.15. The van der Waals surface area contributed by atoms with Crippen molar-refractivity contribution in [1.82, 2.24) is 20.3 Å². The number of nitrogens with one attached hydrogen (secondary N) is 1. The summed E-state index contributed by atoms with van der Waals surface area (Å²) in [6.45, 7) is -0.0688. The van der Waals surface area contributed by atoms with Crippen molar-refractivity contribution >= 4 is 27.1 Å². The molecule has 1 aromatic heterocycles. The summed E-state index contributed by atoms with van der Waals surface area (Å²) in [6.07, 6.45) is -0.747. The second kappa shape index (κ2) is 8.13. The number of carbonyl (C=O) groups excluding carboxylic acids is 1. The quantitative estimate of drug-likeness (QED) is 0.369. The molecule has 0 aliphatic carbocycles. The van der Waals surface area contributed by atoms with E-state index in [1.807, 2.05) is 0 Å². The first-order valence-corrected chi connectivity index (χ1v) is 9.69. The third kappa shape index (κ3) is 4.35. The number of phenolic OH excluding ortho intramolecular Hbond substituents is 1. The Balaban J connectivity index is 2.09. The van der Waals surface area contributed by atoms with Crippen molar-refractivity contribution in [2.75, 3.05) is 20.8 Å². The summed E-state index contributed by atoms with van der Waals surface area (Å²) < 4.78 is 42.8. The van der Waals surface area contributed by atoms with Crippen molar-refractivity contribution in [2.45, 2.75) is 11.2 Å². The number of aromatic hydroxyl groups is 1. The number of nitrogens with zero attached hydrogens (tertiary/aromatic N) is 3. The summed E-state index contributed by atoms with van der Waals surface area (Å²) >= 11 is 0. The number of rotatable bonds is 7. The van der Waals surface area contributed by atoms with Gasteiger partial charge in [-0.05, 0) is 24.3 Å². The molecule has 0 spiro atoms. The molecule has 12 heteroatoms. The average Bonchev–Trinajstić information content (AvgIpc) is 3.11. The molecule has 0 unspecified atom stereocenters. The zero-order valence-corrected chi connectivity index (χ0v) is 16.3. The van der Waals surface area contributed by atoms with Gasteiger partial charge in [-0.25, -0.2) is 0 Å². The van der Waals surface area contributed by atoms with E-state index < -0.39 is 38.5 Å². The molecule has 0 aliphatic heterocycles. The van der Waals surface area contributed by atoms with Crippen LogP contribution in [0.1, 0.15) is 10.4 Å². The van der Waals surface area contributed by atoms with Gasteiger partial charge < -0.3 is 19.9 Å². The highest BCUT2D eigenvalue weighted by Crippen LogP contribution is 2.30. The number of benzene rings is 2. The maximum atomic E-state index is 12.5. The van der Waals surface area contributed by atoms with Crippen LogP contribution in [0.3, 0.4) is 0 Å². The van der Waals surface area contributed by atoms with Crippen LogP contribution in [-0.4, -0.2) is 66.0 Å². The van der Waals surface area contributed by atoms with Gasteiger partial charge in [-0.15, -0.1) is 15.0 Å². The van der Waals surface area contributed by atoms with Gasteiger partial charge in [-0.1, -0.05) is 12.1 Å². The standard InChI is InChI=1S/C17H18N4O7S/c1-27-15(28-2)9-18-17(23)11-7-10(29(24,25)26)8-14(16(11)22)21-19-12-5-3-4-6-13(12)20-21/h3-8,15,22H,9H2,1-2H3,(H,18,23)(H,24,25,26). The van der Waals surface area contributed by atoms with Crippen molar-refractivity contribution in [1.29, 1.82) is 0 Å². The lowest BCUT2D eigenvalue weighted by Crippen LogP contribution is -2.34. The van der Waals surface area contributed by atoms with Gasteiger partial charge in [0.15, 0.2) is 12.0 Å². The minimum Gasteiger partial charge on any atom is -0.505 e. The smallest absolute Gasteiger partial charge is 0.294 e. The molecule has 0 fully saturated rings. The second-order valence-electron chi connectivity index (χ2n) is 5.90. The Morgan fingerprint density at radius 1 is 1.17 bits per heavy atom. The normalized spacial score (nSPS) is 11.9. The first kappa shape index (κ1) is 20.7. The van der Waals surface area contributed by atoms with Gasteiger partial charge in [0.2, 0.25) is 0 Å². The van der Waals surface area contributed by atoms with Crippen molar-refractivity contribution in [3.63, 3.8) is 0 Å². The highest BCUT2D eigenvalue weighted by atomic mass is 32.2. The first-order valence-electron chi connectivity index (χ1n) is 8.25. The van der Waals surface area contributed by atoms with E-state index in [9.17, 15) is 22.9 Å². The number of ether oxygens (including phenoxy) is 2.